The fourth-order valence-electron chi connectivity index (χ4n) is 6.21. The van der Waals surface area contributed by atoms with Crippen LogP contribution in [-0.4, -0.2) is 9.97 Å². The van der Waals surface area contributed by atoms with Gasteiger partial charge in [0.05, 0.1) is 16.8 Å². The van der Waals surface area contributed by atoms with Crippen LogP contribution in [0.2, 0.25) is 0 Å². The fourth-order valence-corrected chi connectivity index (χ4v) is 6.98. The summed E-state index contributed by atoms with van der Waals surface area (Å²) in [6, 6.07) is 44.5. The van der Waals surface area contributed by atoms with Gasteiger partial charge in [-0.2, -0.15) is 0 Å². The topological polar surface area (TPSA) is 35.0 Å². The first-order chi connectivity index (χ1) is 20.3. The molecular formula is C37H24N2OS. The minimum absolute atomic E-state index is 0.552. The smallest absolute Gasteiger partial charge is 0.181 e. The number of pyridine rings is 2. The van der Waals surface area contributed by atoms with Gasteiger partial charge in [0, 0.05) is 34.8 Å². The van der Waals surface area contributed by atoms with Crippen LogP contribution in [0.3, 0.4) is 0 Å². The maximum Gasteiger partial charge on any atom is 0.181 e. The summed E-state index contributed by atoms with van der Waals surface area (Å²) in [5.74, 6) is 0.791. The summed E-state index contributed by atoms with van der Waals surface area (Å²) in [5.41, 5.74) is 8.51. The molecular weight excluding hydrogens is 520 g/mol. The lowest BCUT2D eigenvalue weighted by Crippen LogP contribution is -2.29. The summed E-state index contributed by atoms with van der Waals surface area (Å²) >= 11 is 1.58. The third kappa shape index (κ3) is 3.80. The monoisotopic (exact) mass is 544 g/mol. The van der Waals surface area contributed by atoms with Crippen LogP contribution < -0.4 is 4.74 Å². The number of thiophene rings is 1. The lowest BCUT2D eigenvalue weighted by molar-refractivity contribution is 0.495. The molecule has 0 bridgehead atoms. The Morgan fingerprint density at radius 3 is 2.12 bits per heavy atom. The third-order valence-electron chi connectivity index (χ3n) is 7.99. The number of rotatable bonds is 5. The minimum atomic E-state index is -0.552. The quantitative estimate of drug-likeness (QED) is 0.216. The van der Waals surface area contributed by atoms with E-state index in [1.807, 2.05) is 30.6 Å². The van der Waals surface area contributed by atoms with Crippen LogP contribution >= 0.6 is 11.3 Å². The Balaban J connectivity index is 1.22. The Kier molecular flexibility index (Phi) is 5.54. The first-order valence-corrected chi connectivity index (χ1v) is 14.5. The average Bonchev–Trinajstić information content (AvgIpc) is 3.63. The zero-order chi connectivity index (χ0) is 27.2. The van der Waals surface area contributed by atoms with Crippen LogP contribution in [0.5, 0.6) is 10.8 Å². The van der Waals surface area contributed by atoms with Crippen molar-refractivity contribution >= 4 is 22.1 Å². The Hall–Kier alpha value is -5.06. The van der Waals surface area contributed by atoms with Crippen LogP contribution in [0.25, 0.3) is 33.2 Å². The summed E-state index contributed by atoms with van der Waals surface area (Å²) in [6.07, 6.45) is 3.82. The minimum Gasteiger partial charge on any atom is -0.447 e. The molecule has 194 valence electrons. The van der Waals surface area contributed by atoms with Crippen LogP contribution in [0.1, 0.15) is 22.4 Å². The fraction of sp³-hybridized carbons (Fsp3) is 0.0270. The van der Waals surface area contributed by atoms with E-state index >= 15 is 0 Å². The molecule has 0 radical (unpaired) electrons. The predicted octanol–water partition coefficient (Wildman–Crippen LogP) is 9.51. The molecule has 0 atom stereocenters. The molecule has 0 fully saturated rings. The van der Waals surface area contributed by atoms with Gasteiger partial charge < -0.3 is 4.74 Å². The summed E-state index contributed by atoms with van der Waals surface area (Å²) < 4.78 is 6.50. The van der Waals surface area contributed by atoms with Gasteiger partial charge >= 0.3 is 0 Å². The van der Waals surface area contributed by atoms with E-state index in [4.69, 9.17) is 14.7 Å². The Bertz CT molecular complexity index is 2000. The summed E-state index contributed by atoms with van der Waals surface area (Å²) in [7, 11) is 0. The standard InChI is InChI=1S/C37H24N2OS/c1-2-11-26-23-39-34(20-25(26)10-1)27-21-36(41-24-27)40-29-13-9-12-28(22-29)37(35-18-7-8-19-38-35)32-16-5-3-14-30(32)31-15-4-6-17-33(31)37/h1-24H. The van der Waals surface area contributed by atoms with E-state index in [0.717, 1.165) is 38.7 Å². The van der Waals surface area contributed by atoms with Crippen molar-refractivity contribution in [2.24, 2.45) is 0 Å². The summed E-state index contributed by atoms with van der Waals surface area (Å²) in [5, 5.41) is 5.24. The van der Waals surface area contributed by atoms with Gasteiger partial charge in [-0.25, -0.2) is 0 Å². The molecule has 0 unspecified atom stereocenters. The van der Waals surface area contributed by atoms with E-state index in [2.05, 4.69) is 115 Å². The van der Waals surface area contributed by atoms with Gasteiger partial charge in [-0.15, -0.1) is 11.3 Å². The SMILES string of the molecule is c1ccc(C2(c3cccc(Oc4cc(-c5cc6ccccc6cn5)cs4)c3)c3ccccc3-c3ccccc32)nc1. The molecule has 3 heterocycles. The highest BCUT2D eigenvalue weighted by atomic mass is 32.1. The highest BCUT2D eigenvalue weighted by molar-refractivity contribution is 7.12. The molecule has 0 amide bonds. The van der Waals surface area contributed by atoms with Gasteiger partial charge in [0.1, 0.15) is 5.75 Å². The highest BCUT2D eigenvalue weighted by Gasteiger charge is 2.47. The summed E-state index contributed by atoms with van der Waals surface area (Å²) in [4.78, 5) is 9.63. The van der Waals surface area contributed by atoms with Crippen LogP contribution in [0.15, 0.2) is 145 Å². The normalized spacial score (nSPS) is 13.1. The van der Waals surface area contributed by atoms with Gasteiger partial charge in [-0.05, 0) is 63.5 Å². The van der Waals surface area contributed by atoms with Gasteiger partial charge in [0.2, 0.25) is 0 Å². The average molecular weight is 545 g/mol. The second kappa shape index (κ2) is 9.54. The Morgan fingerprint density at radius 2 is 1.34 bits per heavy atom. The highest BCUT2D eigenvalue weighted by Crippen LogP contribution is 2.55. The zero-order valence-electron chi connectivity index (χ0n) is 22.1. The molecule has 0 saturated heterocycles. The van der Waals surface area contributed by atoms with E-state index in [1.54, 1.807) is 11.3 Å². The number of ether oxygens (including phenoxy) is 1. The predicted molar refractivity (Wildman–Crippen MR) is 167 cm³/mol. The van der Waals surface area contributed by atoms with E-state index in [1.165, 1.54) is 27.6 Å². The number of hydrogen-bond donors (Lipinski definition) is 0. The molecule has 41 heavy (non-hydrogen) atoms. The third-order valence-corrected chi connectivity index (χ3v) is 8.79. The number of aromatic nitrogens is 2. The van der Waals surface area contributed by atoms with Crippen molar-refractivity contribution in [3.63, 3.8) is 0 Å². The van der Waals surface area contributed by atoms with Gasteiger partial charge in [-0.3, -0.25) is 9.97 Å². The maximum absolute atomic E-state index is 6.50. The lowest BCUT2D eigenvalue weighted by Gasteiger charge is -2.32. The second-order valence-electron chi connectivity index (χ2n) is 10.3. The van der Waals surface area contributed by atoms with Crippen molar-refractivity contribution in [1.29, 1.82) is 0 Å². The number of fused-ring (bicyclic) bond motifs is 4. The molecule has 3 aromatic heterocycles. The summed E-state index contributed by atoms with van der Waals surface area (Å²) in [6.45, 7) is 0. The molecule has 4 heteroatoms. The van der Waals surface area contributed by atoms with Crippen molar-refractivity contribution < 1.29 is 4.74 Å². The molecule has 3 nitrogen and oxygen atoms in total. The van der Waals surface area contributed by atoms with E-state index in [-0.39, 0.29) is 0 Å². The number of benzene rings is 4. The van der Waals surface area contributed by atoms with Gasteiger partial charge in [-0.1, -0.05) is 91.0 Å². The molecule has 8 rings (SSSR count). The van der Waals surface area contributed by atoms with Crippen LogP contribution in [0.4, 0.5) is 0 Å². The van der Waals surface area contributed by atoms with Crippen LogP contribution in [0, 0.1) is 0 Å². The molecule has 0 aliphatic heterocycles. The van der Waals surface area contributed by atoms with Gasteiger partial charge in [0.15, 0.2) is 5.06 Å². The zero-order valence-corrected chi connectivity index (χ0v) is 22.9. The van der Waals surface area contributed by atoms with E-state index in [0.29, 0.717) is 0 Å². The van der Waals surface area contributed by atoms with Crippen molar-refractivity contribution in [2.45, 2.75) is 5.41 Å². The lowest BCUT2D eigenvalue weighted by atomic mass is 9.70. The van der Waals surface area contributed by atoms with Crippen molar-refractivity contribution in [3.8, 4) is 33.2 Å². The molecule has 0 N–H and O–H groups in total. The van der Waals surface area contributed by atoms with Crippen molar-refractivity contribution in [1.82, 2.24) is 9.97 Å². The Labute approximate surface area is 242 Å². The molecule has 7 aromatic rings. The molecule has 0 saturated carbocycles. The van der Waals surface area contributed by atoms with Gasteiger partial charge in [0.25, 0.3) is 0 Å². The number of hydrogen-bond acceptors (Lipinski definition) is 4. The molecule has 1 aliphatic carbocycles. The molecule has 1 aliphatic rings. The van der Waals surface area contributed by atoms with Crippen LogP contribution in [-0.2, 0) is 5.41 Å². The number of nitrogens with zero attached hydrogens (tertiary/aromatic N) is 2. The largest absolute Gasteiger partial charge is 0.447 e. The van der Waals surface area contributed by atoms with E-state index in [9.17, 15) is 0 Å². The first-order valence-electron chi connectivity index (χ1n) is 13.6. The maximum atomic E-state index is 6.50. The Morgan fingerprint density at radius 1 is 0.610 bits per heavy atom. The molecule has 0 spiro atoms. The van der Waals surface area contributed by atoms with Crippen molar-refractivity contribution in [3.05, 3.63) is 168 Å². The second-order valence-corrected chi connectivity index (χ2v) is 11.1. The van der Waals surface area contributed by atoms with E-state index < -0.39 is 5.41 Å². The first kappa shape index (κ1) is 23.8. The van der Waals surface area contributed by atoms with Crippen molar-refractivity contribution in [2.75, 3.05) is 0 Å². The molecule has 4 aromatic carbocycles.